The third-order valence-electron chi connectivity index (χ3n) is 8.48. The standard InChI is InChI=1S/C30H54O10/c1-5-21(3)22(8-24(34-16-28-18-38-28)11-33-12-26-15-36-26)7-23(31)10-32-13-27(37-17-29-19-39-29)20-40-30(4,6-2)9-25-14-35-25/h21-29,31H,5-20H2,1-4H3. The zero-order valence-electron chi connectivity index (χ0n) is 25.1. The largest absolute Gasteiger partial charge is 0.391 e. The zero-order chi connectivity index (χ0) is 28.4. The van der Waals surface area contributed by atoms with Crippen LogP contribution < -0.4 is 0 Å². The summed E-state index contributed by atoms with van der Waals surface area (Å²) < 4.78 is 51.8. The molecule has 0 aromatic rings. The monoisotopic (exact) mass is 574 g/mol. The van der Waals surface area contributed by atoms with Gasteiger partial charge in [0.2, 0.25) is 0 Å². The lowest BCUT2D eigenvalue weighted by Gasteiger charge is -2.31. The predicted octanol–water partition coefficient (Wildman–Crippen LogP) is 2.76. The van der Waals surface area contributed by atoms with Gasteiger partial charge in [0.15, 0.2) is 0 Å². The summed E-state index contributed by atoms with van der Waals surface area (Å²) in [6, 6.07) is 0. The summed E-state index contributed by atoms with van der Waals surface area (Å²) in [7, 11) is 0. The number of epoxide rings is 4. The van der Waals surface area contributed by atoms with Crippen molar-refractivity contribution in [2.45, 2.75) is 108 Å². The summed E-state index contributed by atoms with van der Waals surface area (Å²) in [4.78, 5) is 0. The molecule has 0 spiro atoms. The Bertz CT molecular complexity index is 696. The minimum Gasteiger partial charge on any atom is -0.391 e. The number of aliphatic hydroxyl groups excluding tert-OH is 1. The molecular formula is C30H54O10. The average molecular weight is 575 g/mol. The second kappa shape index (κ2) is 16.4. The van der Waals surface area contributed by atoms with E-state index in [9.17, 15) is 5.11 Å². The topological polar surface area (TPSA) is 117 Å². The lowest BCUT2D eigenvalue weighted by molar-refractivity contribution is -0.120. The van der Waals surface area contributed by atoms with E-state index >= 15 is 0 Å². The molecule has 0 aromatic heterocycles. The molecule has 4 aliphatic rings. The minimum atomic E-state index is -0.576. The van der Waals surface area contributed by atoms with Gasteiger partial charge in [-0.1, -0.05) is 27.2 Å². The highest BCUT2D eigenvalue weighted by Crippen LogP contribution is 2.30. The molecule has 0 aliphatic carbocycles. The van der Waals surface area contributed by atoms with E-state index in [4.69, 9.17) is 42.6 Å². The van der Waals surface area contributed by atoms with E-state index in [0.29, 0.717) is 58.1 Å². The van der Waals surface area contributed by atoms with Crippen molar-refractivity contribution in [2.24, 2.45) is 11.8 Å². The molecule has 234 valence electrons. The molecule has 10 unspecified atom stereocenters. The Morgan fingerprint density at radius 3 is 1.90 bits per heavy atom. The summed E-state index contributed by atoms with van der Waals surface area (Å²) in [6.45, 7) is 15.1. The number of rotatable bonds is 26. The van der Waals surface area contributed by atoms with Gasteiger partial charge in [-0.2, -0.15) is 0 Å². The molecule has 0 amide bonds. The van der Waals surface area contributed by atoms with E-state index in [1.807, 2.05) is 0 Å². The molecule has 0 bridgehead atoms. The van der Waals surface area contributed by atoms with Gasteiger partial charge in [-0.05, 0) is 38.0 Å². The summed E-state index contributed by atoms with van der Waals surface area (Å²) >= 11 is 0. The highest BCUT2D eigenvalue weighted by molar-refractivity contribution is 4.84. The third-order valence-corrected chi connectivity index (χ3v) is 8.48. The van der Waals surface area contributed by atoms with Crippen molar-refractivity contribution in [3.05, 3.63) is 0 Å². The van der Waals surface area contributed by atoms with Crippen molar-refractivity contribution in [3.8, 4) is 0 Å². The van der Waals surface area contributed by atoms with Gasteiger partial charge >= 0.3 is 0 Å². The van der Waals surface area contributed by atoms with Crippen molar-refractivity contribution < 1.29 is 47.7 Å². The number of hydrogen-bond donors (Lipinski definition) is 1. The Hall–Kier alpha value is -0.400. The first-order chi connectivity index (χ1) is 19.4. The lowest BCUT2D eigenvalue weighted by Crippen LogP contribution is -2.37. The average Bonchev–Trinajstić information content (AvgIpc) is 3.78. The fourth-order valence-corrected chi connectivity index (χ4v) is 4.89. The van der Waals surface area contributed by atoms with Gasteiger partial charge < -0.3 is 47.7 Å². The van der Waals surface area contributed by atoms with Crippen LogP contribution in [0, 0.1) is 11.8 Å². The highest BCUT2D eigenvalue weighted by atomic mass is 16.6. The first-order valence-electron chi connectivity index (χ1n) is 15.5. The first-order valence-corrected chi connectivity index (χ1v) is 15.5. The van der Waals surface area contributed by atoms with Crippen LogP contribution in [-0.2, 0) is 42.6 Å². The van der Waals surface area contributed by atoms with E-state index in [1.165, 1.54) is 0 Å². The van der Waals surface area contributed by atoms with Crippen LogP contribution in [0.4, 0.5) is 0 Å². The van der Waals surface area contributed by atoms with Crippen molar-refractivity contribution >= 4 is 0 Å². The fourth-order valence-electron chi connectivity index (χ4n) is 4.89. The van der Waals surface area contributed by atoms with Crippen molar-refractivity contribution in [1.82, 2.24) is 0 Å². The number of ether oxygens (including phenoxy) is 9. The molecule has 10 nitrogen and oxygen atoms in total. The summed E-state index contributed by atoms with van der Waals surface area (Å²) in [5, 5.41) is 11.0. The van der Waals surface area contributed by atoms with E-state index in [2.05, 4.69) is 27.7 Å². The second-order valence-corrected chi connectivity index (χ2v) is 12.4. The van der Waals surface area contributed by atoms with Gasteiger partial charge in [-0.3, -0.25) is 0 Å². The van der Waals surface area contributed by atoms with Crippen LogP contribution in [0.1, 0.15) is 59.8 Å². The quantitative estimate of drug-likeness (QED) is 0.155. The smallest absolute Gasteiger partial charge is 0.104 e. The van der Waals surface area contributed by atoms with Gasteiger partial charge in [0.25, 0.3) is 0 Å². The Morgan fingerprint density at radius 1 is 0.750 bits per heavy atom. The molecule has 4 fully saturated rings. The van der Waals surface area contributed by atoms with Crippen molar-refractivity contribution in [2.75, 3.05) is 72.7 Å². The summed E-state index contributed by atoms with van der Waals surface area (Å²) in [5.41, 5.74) is -0.248. The van der Waals surface area contributed by atoms with Crippen LogP contribution >= 0.6 is 0 Å². The van der Waals surface area contributed by atoms with Crippen LogP contribution in [0.15, 0.2) is 0 Å². The van der Waals surface area contributed by atoms with Crippen molar-refractivity contribution in [3.63, 3.8) is 0 Å². The molecule has 4 heterocycles. The molecule has 40 heavy (non-hydrogen) atoms. The Kier molecular flexibility index (Phi) is 13.4. The Balaban J connectivity index is 1.20. The molecule has 0 saturated carbocycles. The molecule has 10 heteroatoms. The highest BCUT2D eigenvalue weighted by Gasteiger charge is 2.35. The second-order valence-electron chi connectivity index (χ2n) is 12.4. The van der Waals surface area contributed by atoms with E-state index in [0.717, 1.165) is 52.1 Å². The molecule has 0 radical (unpaired) electrons. The number of aliphatic hydroxyl groups is 1. The number of hydrogen-bond acceptors (Lipinski definition) is 10. The van der Waals surface area contributed by atoms with Gasteiger partial charge in [0.05, 0.1) is 96.6 Å². The van der Waals surface area contributed by atoms with Crippen LogP contribution in [-0.4, -0.2) is 126 Å². The maximum absolute atomic E-state index is 11.0. The van der Waals surface area contributed by atoms with Gasteiger partial charge in [0.1, 0.15) is 24.4 Å². The van der Waals surface area contributed by atoms with Gasteiger partial charge in [-0.15, -0.1) is 0 Å². The van der Waals surface area contributed by atoms with E-state index < -0.39 is 6.10 Å². The lowest BCUT2D eigenvalue weighted by atomic mass is 9.83. The SMILES string of the molecule is CCC(C)C(CC(O)COCC(COC(C)(CC)CC1CO1)OCC1CO1)CC(COCC1CO1)OCC1CO1. The summed E-state index contributed by atoms with van der Waals surface area (Å²) in [6.07, 6.45) is 4.37. The molecule has 4 saturated heterocycles. The van der Waals surface area contributed by atoms with Gasteiger partial charge in [-0.25, -0.2) is 0 Å². The predicted molar refractivity (Wildman–Crippen MR) is 148 cm³/mol. The zero-order valence-corrected chi connectivity index (χ0v) is 25.1. The molecule has 10 atom stereocenters. The first kappa shape index (κ1) is 32.5. The Morgan fingerprint density at radius 2 is 1.32 bits per heavy atom. The molecule has 0 aromatic carbocycles. The third kappa shape index (κ3) is 13.3. The molecule has 4 rings (SSSR count). The van der Waals surface area contributed by atoms with Crippen LogP contribution in [0.5, 0.6) is 0 Å². The maximum atomic E-state index is 11.0. The molecule has 4 aliphatic heterocycles. The molecular weight excluding hydrogens is 520 g/mol. The summed E-state index contributed by atoms with van der Waals surface area (Å²) in [5.74, 6) is 0.724. The van der Waals surface area contributed by atoms with Crippen molar-refractivity contribution in [1.29, 1.82) is 0 Å². The normalized spacial score (nSPS) is 30.2. The molecule has 1 N–H and O–H groups in total. The van der Waals surface area contributed by atoms with E-state index in [-0.39, 0.29) is 48.6 Å². The maximum Gasteiger partial charge on any atom is 0.104 e. The van der Waals surface area contributed by atoms with Crippen LogP contribution in [0.3, 0.4) is 0 Å². The van der Waals surface area contributed by atoms with Crippen LogP contribution in [0.2, 0.25) is 0 Å². The van der Waals surface area contributed by atoms with Crippen LogP contribution in [0.25, 0.3) is 0 Å². The fraction of sp³-hybridized carbons (Fsp3) is 1.00. The Labute approximate surface area is 240 Å². The van der Waals surface area contributed by atoms with E-state index in [1.54, 1.807) is 0 Å². The van der Waals surface area contributed by atoms with Gasteiger partial charge in [0, 0.05) is 6.42 Å². The minimum absolute atomic E-state index is 0.0384.